The Kier molecular flexibility index (Phi) is 7.95. The molecule has 7 heteroatoms. The molecular weight excluding hydrogens is 472 g/mol. The molecule has 0 radical (unpaired) electrons. The fourth-order valence-electron chi connectivity index (χ4n) is 6.07. The molecule has 0 spiro atoms. The second kappa shape index (κ2) is 11.5. The summed E-state index contributed by atoms with van der Waals surface area (Å²) in [5.41, 5.74) is 9.48. The molecule has 1 saturated carbocycles. The van der Waals surface area contributed by atoms with Gasteiger partial charge in [0.2, 0.25) is 0 Å². The minimum atomic E-state index is 0.416. The minimum absolute atomic E-state index is 0.416. The molecule has 1 aliphatic carbocycles. The Labute approximate surface area is 226 Å². The molecule has 1 unspecified atom stereocenters. The second-order valence-electron chi connectivity index (χ2n) is 10.7. The topological polar surface area (TPSA) is 72.4 Å². The highest BCUT2D eigenvalue weighted by atomic mass is 16.5. The summed E-state index contributed by atoms with van der Waals surface area (Å²) in [5.74, 6) is 2.03. The van der Waals surface area contributed by atoms with E-state index in [9.17, 15) is 0 Å². The van der Waals surface area contributed by atoms with Crippen LogP contribution < -0.4 is 10.5 Å². The van der Waals surface area contributed by atoms with Gasteiger partial charge in [-0.3, -0.25) is 4.90 Å². The zero-order valence-corrected chi connectivity index (χ0v) is 22.9. The van der Waals surface area contributed by atoms with E-state index in [4.69, 9.17) is 15.5 Å². The maximum absolute atomic E-state index is 6.42. The lowest BCUT2D eigenvalue weighted by atomic mass is 9.90. The first kappa shape index (κ1) is 26.2. The smallest absolute Gasteiger partial charge is 0.146 e. The molecule has 3 heterocycles. The van der Waals surface area contributed by atoms with Crippen molar-refractivity contribution in [2.24, 2.45) is 0 Å². The number of nitrogen functional groups attached to an aromatic ring is 1. The third-order valence-electron chi connectivity index (χ3n) is 8.15. The number of nitrogens with two attached hydrogens (primary N) is 1. The van der Waals surface area contributed by atoms with Gasteiger partial charge < -0.3 is 19.9 Å². The van der Waals surface area contributed by atoms with Crippen LogP contribution in [0.1, 0.15) is 45.1 Å². The number of hydrogen-bond acceptors (Lipinski definition) is 6. The van der Waals surface area contributed by atoms with Crippen molar-refractivity contribution < 1.29 is 4.74 Å². The van der Waals surface area contributed by atoms with Crippen molar-refractivity contribution in [2.45, 2.75) is 57.2 Å². The average molecular weight is 513 g/mol. The third-order valence-corrected chi connectivity index (χ3v) is 8.15. The van der Waals surface area contributed by atoms with Gasteiger partial charge in [0.25, 0.3) is 0 Å². The monoisotopic (exact) mass is 512 g/mol. The maximum Gasteiger partial charge on any atom is 0.146 e. The number of aromatic nitrogens is 3. The SMILES string of the molecule is C=C/C=C(\C=C/C)Oc1ccc(-c2cn(C3CCC(N4CCC(N(C)C)C4)CC3)c3ncnc(N)c23)cc1. The van der Waals surface area contributed by atoms with Crippen LogP contribution in [0, 0.1) is 0 Å². The molecule has 0 amide bonds. The fourth-order valence-corrected chi connectivity index (χ4v) is 6.07. The number of likely N-dealkylation sites (tertiary alicyclic amines) is 1. The van der Waals surface area contributed by atoms with Gasteiger partial charge in [-0.25, -0.2) is 9.97 Å². The minimum Gasteiger partial charge on any atom is -0.457 e. The number of anilines is 1. The van der Waals surface area contributed by atoms with Crippen molar-refractivity contribution in [1.29, 1.82) is 0 Å². The van der Waals surface area contributed by atoms with Crippen molar-refractivity contribution in [2.75, 3.05) is 32.9 Å². The van der Waals surface area contributed by atoms with Gasteiger partial charge in [0.05, 0.1) is 5.39 Å². The number of fused-ring (bicyclic) bond motifs is 1. The molecule has 2 fully saturated rings. The number of ether oxygens (including phenoxy) is 1. The van der Waals surface area contributed by atoms with E-state index < -0.39 is 0 Å². The largest absolute Gasteiger partial charge is 0.457 e. The van der Waals surface area contributed by atoms with Gasteiger partial charge in [-0.1, -0.05) is 30.9 Å². The molecule has 0 bridgehead atoms. The van der Waals surface area contributed by atoms with Crippen molar-refractivity contribution in [1.82, 2.24) is 24.3 Å². The zero-order valence-electron chi connectivity index (χ0n) is 22.9. The van der Waals surface area contributed by atoms with Crippen molar-refractivity contribution in [3.05, 3.63) is 73.4 Å². The lowest BCUT2D eigenvalue weighted by Crippen LogP contribution is -2.39. The van der Waals surface area contributed by atoms with Crippen LogP contribution >= 0.6 is 0 Å². The molecule has 2 aliphatic rings. The van der Waals surface area contributed by atoms with Gasteiger partial charge in [0.1, 0.15) is 29.3 Å². The highest BCUT2D eigenvalue weighted by Gasteiger charge is 2.33. The van der Waals surface area contributed by atoms with Crippen LogP contribution in [0.4, 0.5) is 5.82 Å². The summed E-state index contributed by atoms with van der Waals surface area (Å²) < 4.78 is 8.37. The third kappa shape index (κ3) is 5.40. The highest BCUT2D eigenvalue weighted by molar-refractivity contribution is 6.00. The predicted octanol–water partition coefficient (Wildman–Crippen LogP) is 5.82. The van der Waals surface area contributed by atoms with Gasteiger partial charge in [0.15, 0.2) is 0 Å². The fraction of sp³-hybridized carbons (Fsp3) is 0.419. The molecule has 2 aromatic heterocycles. The van der Waals surface area contributed by atoms with Crippen LogP contribution in [-0.2, 0) is 0 Å². The Balaban J connectivity index is 1.36. The number of rotatable bonds is 8. The van der Waals surface area contributed by atoms with Gasteiger partial charge in [-0.2, -0.15) is 0 Å². The van der Waals surface area contributed by atoms with E-state index in [1.165, 1.54) is 32.4 Å². The maximum atomic E-state index is 6.42. The highest BCUT2D eigenvalue weighted by Crippen LogP contribution is 2.39. The molecule has 1 saturated heterocycles. The Hall–Kier alpha value is -3.42. The molecule has 7 nitrogen and oxygen atoms in total. The summed E-state index contributed by atoms with van der Waals surface area (Å²) in [5, 5.41) is 0.929. The standard InChI is InChI=1S/C31H40N6O/c1-5-7-26(8-6-2)38-27-15-9-22(10-16-27)28-20-37(31-29(28)30(32)33-21-34-31)24-13-11-23(12-14-24)36-18-17-25(19-36)35(3)4/h5-10,15-16,20-21,23-25H,1,11-14,17-19H2,2-4H3,(H2,32,33,34)/b8-6-,26-7+. The van der Waals surface area contributed by atoms with Gasteiger partial charge in [-0.05, 0) is 83.0 Å². The van der Waals surface area contributed by atoms with Gasteiger partial charge in [-0.15, -0.1) is 0 Å². The molecule has 1 atom stereocenters. The Morgan fingerprint density at radius 3 is 2.47 bits per heavy atom. The summed E-state index contributed by atoms with van der Waals surface area (Å²) in [6.45, 7) is 8.15. The molecule has 1 aromatic carbocycles. The molecule has 1 aliphatic heterocycles. The van der Waals surface area contributed by atoms with Crippen LogP contribution in [0.3, 0.4) is 0 Å². The Morgan fingerprint density at radius 1 is 1.08 bits per heavy atom. The molecule has 2 N–H and O–H groups in total. The summed E-state index contributed by atoms with van der Waals surface area (Å²) >= 11 is 0. The summed E-state index contributed by atoms with van der Waals surface area (Å²) in [7, 11) is 4.41. The van der Waals surface area contributed by atoms with E-state index in [-0.39, 0.29) is 0 Å². The van der Waals surface area contributed by atoms with E-state index >= 15 is 0 Å². The second-order valence-corrected chi connectivity index (χ2v) is 10.7. The normalized spacial score (nSPS) is 23.1. The summed E-state index contributed by atoms with van der Waals surface area (Å²) in [6, 6.07) is 9.92. The first-order valence-corrected chi connectivity index (χ1v) is 13.7. The van der Waals surface area contributed by atoms with E-state index in [0.29, 0.717) is 23.9 Å². The first-order valence-electron chi connectivity index (χ1n) is 13.7. The molecule has 3 aromatic rings. The van der Waals surface area contributed by atoms with Gasteiger partial charge in [0, 0.05) is 43.0 Å². The van der Waals surface area contributed by atoms with Crippen LogP contribution in [0.5, 0.6) is 5.75 Å². The zero-order chi connectivity index (χ0) is 26.6. The lowest BCUT2D eigenvalue weighted by Gasteiger charge is -2.35. The Bertz CT molecular complexity index is 1310. The molecular formula is C31H40N6O. The van der Waals surface area contributed by atoms with Crippen LogP contribution in [-0.4, -0.2) is 63.6 Å². The van der Waals surface area contributed by atoms with Crippen molar-refractivity contribution in [3.8, 4) is 16.9 Å². The molecule has 38 heavy (non-hydrogen) atoms. The predicted molar refractivity (Wildman–Crippen MR) is 156 cm³/mol. The van der Waals surface area contributed by atoms with Crippen LogP contribution in [0.2, 0.25) is 0 Å². The van der Waals surface area contributed by atoms with Crippen molar-refractivity contribution in [3.63, 3.8) is 0 Å². The number of allylic oxidation sites excluding steroid dienone is 4. The quantitative estimate of drug-likeness (QED) is 0.303. The van der Waals surface area contributed by atoms with Gasteiger partial charge >= 0.3 is 0 Å². The van der Waals surface area contributed by atoms with Crippen LogP contribution in [0.25, 0.3) is 22.2 Å². The van der Waals surface area contributed by atoms with E-state index in [1.54, 1.807) is 12.4 Å². The average Bonchev–Trinajstić information content (AvgIpc) is 3.57. The number of nitrogens with zero attached hydrogens (tertiary/aromatic N) is 5. The molecule has 200 valence electrons. The van der Waals surface area contributed by atoms with Crippen molar-refractivity contribution >= 4 is 16.9 Å². The number of likely N-dealkylation sites (N-methyl/N-ethyl adjacent to an activating group) is 1. The van der Waals surface area contributed by atoms with E-state index in [0.717, 1.165) is 46.5 Å². The van der Waals surface area contributed by atoms with E-state index in [1.807, 2.05) is 37.3 Å². The molecule has 5 rings (SSSR count). The number of hydrogen-bond donors (Lipinski definition) is 1. The van der Waals surface area contributed by atoms with Crippen LogP contribution in [0.15, 0.2) is 73.4 Å². The summed E-state index contributed by atoms with van der Waals surface area (Å²) in [4.78, 5) is 14.1. The Morgan fingerprint density at radius 2 is 1.82 bits per heavy atom. The lowest BCUT2D eigenvalue weighted by molar-refractivity contribution is 0.156. The first-order chi connectivity index (χ1) is 18.5. The summed E-state index contributed by atoms with van der Waals surface area (Å²) in [6.07, 6.45) is 17.3. The van der Waals surface area contributed by atoms with E-state index in [2.05, 4.69) is 58.4 Å². The number of benzene rings is 1.